The second-order valence-corrected chi connectivity index (χ2v) is 9.24. The first-order chi connectivity index (χ1) is 11.9. The van der Waals surface area contributed by atoms with Gasteiger partial charge in [-0.1, -0.05) is 0 Å². The third-order valence-electron chi connectivity index (χ3n) is 5.11. The molecule has 2 aliphatic rings. The first kappa shape index (κ1) is 16.7. The standard InChI is InChI=1S/C18H24N4O2S/c1-12-11-13(2)19-18-16(12)5-6-17(20-18)22-9-7-14(8-10-22)21-25(23,24)15-3-4-15/h5-6,11,14-15,21H,3-4,7-10H2,1-2H3. The molecule has 0 radical (unpaired) electrons. The lowest BCUT2D eigenvalue weighted by molar-refractivity contribution is 0.458. The first-order valence-corrected chi connectivity index (χ1v) is 10.5. The van der Waals surface area contributed by atoms with E-state index in [0.29, 0.717) is 0 Å². The summed E-state index contributed by atoms with van der Waals surface area (Å²) in [5.41, 5.74) is 2.95. The van der Waals surface area contributed by atoms with Crippen molar-refractivity contribution in [2.45, 2.75) is 50.8 Å². The second-order valence-electron chi connectivity index (χ2n) is 7.24. The zero-order valence-electron chi connectivity index (χ0n) is 14.7. The van der Waals surface area contributed by atoms with Gasteiger partial charge in [-0.25, -0.2) is 23.1 Å². The molecule has 0 aromatic carbocycles. The number of pyridine rings is 2. The van der Waals surface area contributed by atoms with E-state index in [9.17, 15) is 8.42 Å². The Kier molecular flexibility index (Phi) is 4.16. The molecule has 1 saturated carbocycles. The van der Waals surface area contributed by atoms with Crippen molar-refractivity contribution in [1.29, 1.82) is 0 Å². The molecule has 1 saturated heterocycles. The maximum Gasteiger partial charge on any atom is 0.214 e. The average Bonchev–Trinajstić information content (AvgIpc) is 3.40. The van der Waals surface area contributed by atoms with Gasteiger partial charge in [-0.15, -0.1) is 0 Å². The number of anilines is 1. The van der Waals surface area contributed by atoms with Gasteiger partial charge in [0.25, 0.3) is 0 Å². The Hall–Kier alpha value is -1.73. The topological polar surface area (TPSA) is 75.2 Å². The largest absolute Gasteiger partial charge is 0.356 e. The molecule has 3 heterocycles. The molecule has 4 rings (SSSR count). The van der Waals surface area contributed by atoms with Crippen LogP contribution in [0.1, 0.15) is 36.9 Å². The minimum Gasteiger partial charge on any atom is -0.356 e. The molecule has 2 fully saturated rings. The van der Waals surface area contributed by atoms with E-state index >= 15 is 0 Å². The van der Waals surface area contributed by atoms with Crippen LogP contribution < -0.4 is 9.62 Å². The molecule has 134 valence electrons. The molecule has 0 unspecified atom stereocenters. The zero-order chi connectivity index (χ0) is 17.6. The molecule has 1 N–H and O–H groups in total. The van der Waals surface area contributed by atoms with E-state index in [-0.39, 0.29) is 11.3 Å². The normalized spacial score (nSPS) is 19.5. The summed E-state index contributed by atoms with van der Waals surface area (Å²) < 4.78 is 27.0. The summed E-state index contributed by atoms with van der Waals surface area (Å²) in [5, 5.41) is 0.937. The Balaban J connectivity index is 1.46. The fourth-order valence-corrected chi connectivity index (χ4v) is 5.18. The van der Waals surface area contributed by atoms with Crippen molar-refractivity contribution >= 4 is 26.9 Å². The maximum atomic E-state index is 12.1. The fourth-order valence-electron chi connectivity index (χ4n) is 3.53. The van der Waals surface area contributed by atoms with E-state index in [4.69, 9.17) is 4.98 Å². The van der Waals surface area contributed by atoms with Crippen LogP contribution in [0.4, 0.5) is 5.82 Å². The van der Waals surface area contributed by atoms with Crippen LogP contribution in [0.3, 0.4) is 0 Å². The molecule has 25 heavy (non-hydrogen) atoms. The Morgan fingerprint density at radius 3 is 2.48 bits per heavy atom. The Labute approximate surface area is 148 Å². The van der Waals surface area contributed by atoms with E-state index in [2.05, 4.69) is 33.7 Å². The van der Waals surface area contributed by atoms with Gasteiger partial charge in [-0.3, -0.25) is 0 Å². The summed E-state index contributed by atoms with van der Waals surface area (Å²) in [5.74, 6) is 0.925. The number of nitrogens with zero attached hydrogens (tertiary/aromatic N) is 3. The second kappa shape index (κ2) is 6.21. The van der Waals surface area contributed by atoms with Gasteiger partial charge < -0.3 is 4.90 Å². The van der Waals surface area contributed by atoms with Crippen LogP contribution in [0.5, 0.6) is 0 Å². The highest BCUT2D eigenvalue weighted by molar-refractivity contribution is 7.90. The molecular formula is C18H24N4O2S. The number of nitrogens with one attached hydrogen (secondary N) is 1. The molecule has 0 bridgehead atoms. The van der Waals surface area contributed by atoms with E-state index in [1.165, 1.54) is 5.56 Å². The maximum absolute atomic E-state index is 12.1. The van der Waals surface area contributed by atoms with Crippen molar-refractivity contribution in [3.05, 3.63) is 29.5 Å². The van der Waals surface area contributed by atoms with Gasteiger partial charge in [-0.2, -0.15) is 0 Å². The summed E-state index contributed by atoms with van der Waals surface area (Å²) in [7, 11) is -3.10. The Morgan fingerprint density at radius 1 is 1.08 bits per heavy atom. The molecular weight excluding hydrogens is 336 g/mol. The van der Waals surface area contributed by atoms with E-state index in [1.54, 1.807) is 0 Å². The molecule has 7 heteroatoms. The van der Waals surface area contributed by atoms with Crippen molar-refractivity contribution in [3.8, 4) is 0 Å². The highest BCUT2D eigenvalue weighted by Crippen LogP contribution is 2.29. The molecule has 0 amide bonds. The summed E-state index contributed by atoms with van der Waals surface area (Å²) in [6.07, 6.45) is 3.24. The van der Waals surface area contributed by atoms with Crippen LogP contribution in [-0.4, -0.2) is 42.8 Å². The van der Waals surface area contributed by atoms with Crippen molar-refractivity contribution in [2.75, 3.05) is 18.0 Å². The molecule has 1 aliphatic carbocycles. The molecule has 0 spiro atoms. The van der Waals surface area contributed by atoms with E-state index in [1.807, 2.05) is 13.0 Å². The fraction of sp³-hybridized carbons (Fsp3) is 0.556. The SMILES string of the molecule is Cc1cc(C)c2ccc(N3CCC(NS(=O)(=O)C4CC4)CC3)nc2n1. The van der Waals surface area contributed by atoms with Crippen molar-refractivity contribution < 1.29 is 8.42 Å². The van der Waals surface area contributed by atoms with Crippen molar-refractivity contribution in [3.63, 3.8) is 0 Å². The smallest absolute Gasteiger partial charge is 0.214 e. The monoisotopic (exact) mass is 360 g/mol. The van der Waals surface area contributed by atoms with Crippen molar-refractivity contribution in [2.24, 2.45) is 0 Å². The van der Waals surface area contributed by atoms with Gasteiger partial charge >= 0.3 is 0 Å². The number of aromatic nitrogens is 2. The number of sulfonamides is 1. The molecule has 0 atom stereocenters. The van der Waals surface area contributed by atoms with E-state index in [0.717, 1.165) is 61.3 Å². The average molecular weight is 360 g/mol. The number of fused-ring (bicyclic) bond motifs is 1. The molecule has 2 aromatic heterocycles. The van der Waals surface area contributed by atoms with E-state index < -0.39 is 10.0 Å². The summed E-state index contributed by atoms with van der Waals surface area (Å²) >= 11 is 0. The van der Waals surface area contributed by atoms with Crippen LogP contribution in [-0.2, 0) is 10.0 Å². The van der Waals surface area contributed by atoms with Crippen LogP contribution >= 0.6 is 0 Å². The highest BCUT2D eigenvalue weighted by atomic mass is 32.2. The lowest BCUT2D eigenvalue weighted by Gasteiger charge is -2.33. The highest BCUT2D eigenvalue weighted by Gasteiger charge is 2.37. The summed E-state index contributed by atoms with van der Waals surface area (Å²) in [6.45, 7) is 5.68. The lowest BCUT2D eigenvalue weighted by atomic mass is 10.1. The van der Waals surface area contributed by atoms with Gasteiger partial charge in [0.2, 0.25) is 10.0 Å². The Bertz CT molecular complexity index is 901. The Morgan fingerprint density at radius 2 is 1.80 bits per heavy atom. The molecule has 1 aliphatic heterocycles. The van der Waals surface area contributed by atoms with Gasteiger partial charge in [-0.05, 0) is 63.3 Å². The van der Waals surface area contributed by atoms with Crippen LogP contribution in [0.15, 0.2) is 18.2 Å². The first-order valence-electron chi connectivity index (χ1n) is 8.93. The molecule has 2 aromatic rings. The zero-order valence-corrected chi connectivity index (χ0v) is 15.5. The molecule has 6 nitrogen and oxygen atoms in total. The quantitative estimate of drug-likeness (QED) is 0.905. The van der Waals surface area contributed by atoms with Gasteiger partial charge in [0.1, 0.15) is 5.82 Å². The summed E-state index contributed by atoms with van der Waals surface area (Å²) in [4.78, 5) is 11.5. The number of piperidine rings is 1. The van der Waals surface area contributed by atoms with Gasteiger partial charge in [0, 0.05) is 30.2 Å². The predicted octanol–water partition coefficient (Wildman–Crippen LogP) is 2.30. The van der Waals surface area contributed by atoms with Gasteiger partial charge in [0.05, 0.1) is 5.25 Å². The lowest BCUT2D eigenvalue weighted by Crippen LogP contribution is -2.45. The minimum atomic E-state index is -3.10. The number of aryl methyl sites for hydroxylation is 2. The number of hydrogen-bond acceptors (Lipinski definition) is 5. The van der Waals surface area contributed by atoms with Crippen molar-refractivity contribution in [1.82, 2.24) is 14.7 Å². The van der Waals surface area contributed by atoms with Crippen LogP contribution in [0, 0.1) is 13.8 Å². The minimum absolute atomic E-state index is 0.0462. The third-order valence-corrected chi connectivity index (χ3v) is 7.12. The predicted molar refractivity (Wildman–Crippen MR) is 99.3 cm³/mol. The van der Waals surface area contributed by atoms with Crippen LogP contribution in [0.25, 0.3) is 11.0 Å². The van der Waals surface area contributed by atoms with Gasteiger partial charge in [0.15, 0.2) is 5.65 Å². The summed E-state index contributed by atoms with van der Waals surface area (Å²) in [6, 6.07) is 6.24. The number of hydrogen-bond donors (Lipinski definition) is 1. The number of rotatable bonds is 4. The third kappa shape index (κ3) is 3.48. The van der Waals surface area contributed by atoms with Crippen LogP contribution in [0.2, 0.25) is 0 Å².